The van der Waals surface area contributed by atoms with Gasteiger partial charge in [-0.2, -0.15) is 0 Å². The van der Waals surface area contributed by atoms with E-state index in [0.29, 0.717) is 48.1 Å². The molecule has 7 nitrogen and oxygen atoms in total. The molecule has 224 valence electrons. The number of hydrogen-bond donors (Lipinski definition) is 2. The Morgan fingerprint density at radius 2 is 1.80 bits per heavy atom. The Morgan fingerprint density at radius 3 is 2.56 bits per heavy atom. The van der Waals surface area contributed by atoms with Crippen LogP contribution in [0.15, 0.2) is 36.4 Å². The molecule has 2 heterocycles. The highest BCUT2D eigenvalue weighted by Crippen LogP contribution is 2.41. The molecule has 0 radical (unpaired) electrons. The summed E-state index contributed by atoms with van der Waals surface area (Å²) in [5.74, 6) is 0.483. The molecule has 4 atom stereocenters. The number of carbonyl (C=O) groups excluding carboxylic acids is 1. The van der Waals surface area contributed by atoms with Gasteiger partial charge in [0.05, 0.1) is 17.0 Å². The average Bonchev–Trinajstić information content (AvgIpc) is 2.93. The number of fused-ring (bicyclic) bond motifs is 3. The first-order chi connectivity index (χ1) is 19.6. The van der Waals surface area contributed by atoms with Crippen LogP contribution < -0.4 is 14.4 Å². The molecule has 0 unspecified atom stereocenters. The third-order valence-corrected chi connectivity index (χ3v) is 11.6. The van der Waals surface area contributed by atoms with Crippen LogP contribution in [0.5, 0.6) is 5.75 Å². The molecule has 1 amide bonds. The van der Waals surface area contributed by atoms with E-state index in [2.05, 4.69) is 9.62 Å². The van der Waals surface area contributed by atoms with Gasteiger partial charge >= 0.3 is 0 Å². The number of rotatable bonds is 1. The Hall–Kier alpha value is -2.29. The number of aliphatic hydroxyl groups is 1. The lowest BCUT2D eigenvalue weighted by atomic mass is 9.69. The van der Waals surface area contributed by atoms with Crippen molar-refractivity contribution in [3.63, 3.8) is 0 Å². The number of nitrogens with one attached hydrogen (secondary N) is 1. The van der Waals surface area contributed by atoms with E-state index in [4.69, 9.17) is 16.3 Å². The highest BCUT2D eigenvalue weighted by Gasteiger charge is 2.38. The molecule has 2 bridgehead atoms. The fourth-order valence-corrected chi connectivity index (χ4v) is 8.63. The van der Waals surface area contributed by atoms with Crippen LogP contribution in [0.25, 0.3) is 0 Å². The minimum absolute atomic E-state index is 0.144. The highest BCUT2D eigenvalue weighted by atomic mass is 35.5. The highest BCUT2D eigenvalue weighted by molar-refractivity contribution is 7.90. The van der Waals surface area contributed by atoms with Crippen molar-refractivity contribution in [3.8, 4) is 5.75 Å². The molecule has 0 spiro atoms. The first-order valence-electron chi connectivity index (χ1n) is 15.2. The number of amides is 1. The molecule has 2 N–H and O–H groups in total. The number of anilines is 1. The molecule has 0 saturated heterocycles. The van der Waals surface area contributed by atoms with E-state index in [1.54, 1.807) is 18.2 Å². The molecule has 5 rings (SSSR count). The van der Waals surface area contributed by atoms with Crippen LogP contribution in [-0.2, 0) is 23.1 Å². The van der Waals surface area contributed by atoms with Crippen LogP contribution in [-0.4, -0.2) is 43.9 Å². The summed E-state index contributed by atoms with van der Waals surface area (Å²) < 4.78 is 35.5. The summed E-state index contributed by atoms with van der Waals surface area (Å²) >= 11 is 6.30. The Bertz CT molecular complexity index is 1350. The first kappa shape index (κ1) is 30.2. The zero-order valence-electron chi connectivity index (χ0n) is 24.1. The summed E-state index contributed by atoms with van der Waals surface area (Å²) in [6.07, 6.45) is 7.08. The fourth-order valence-electron chi connectivity index (χ4n) is 6.71. The molecule has 2 aromatic rings. The van der Waals surface area contributed by atoms with Gasteiger partial charge in [0.2, 0.25) is 10.0 Å². The van der Waals surface area contributed by atoms with Crippen molar-refractivity contribution in [1.82, 2.24) is 4.72 Å². The van der Waals surface area contributed by atoms with Crippen LogP contribution in [0.4, 0.5) is 5.69 Å². The molecule has 41 heavy (non-hydrogen) atoms. The van der Waals surface area contributed by atoms with Crippen molar-refractivity contribution in [1.29, 1.82) is 0 Å². The number of halogens is 1. The van der Waals surface area contributed by atoms with Crippen molar-refractivity contribution < 1.29 is 23.1 Å². The molecule has 2 aromatic carbocycles. The van der Waals surface area contributed by atoms with Crippen LogP contribution in [0.1, 0.15) is 86.7 Å². The van der Waals surface area contributed by atoms with E-state index in [1.807, 2.05) is 32.0 Å². The Kier molecular flexibility index (Phi) is 9.51. The molecule has 0 aromatic heterocycles. The maximum absolute atomic E-state index is 13.4. The zero-order chi connectivity index (χ0) is 29.1. The standard InChI is InChI=1S/C32H43ClN2O5S/c1-21(2)31-9-4-3-8-29(36)27-14-11-24(27)19-35-16-6-5-7-22-17-26(33)13-10-25(22)20-40-30-15-12-23(18-28(30)35)32(37)34-41(31,38)39/h10,12-13,15,17-18,21,24,27,29,31,36H,3-9,11,14,16,19-20H2,1-2H3,(H,34,37)/t24-,27+,29-,31-/m0/s1. The number of ether oxygens (including phenoxy) is 1. The lowest BCUT2D eigenvalue weighted by molar-refractivity contribution is 0.00932. The minimum Gasteiger partial charge on any atom is -0.487 e. The van der Waals surface area contributed by atoms with E-state index in [9.17, 15) is 18.3 Å². The second-order valence-corrected chi connectivity index (χ2v) is 14.7. The summed E-state index contributed by atoms with van der Waals surface area (Å²) in [4.78, 5) is 15.7. The van der Waals surface area contributed by atoms with Gasteiger partial charge < -0.3 is 14.7 Å². The Balaban J connectivity index is 1.52. The zero-order valence-corrected chi connectivity index (χ0v) is 25.7. The molecule has 2 aliphatic heterocycles. The largest absolute Gasteiger partial charge is 0.487 e. The van der Waals surface area contributed by atoms with Gasteiger partial charge in [0, 0.05) is 23.7 Å². The van der Waals surface area contributed by atoms with Crippen molar-refractivity contribution in [3.05, 3.63) is 58.1 Å². The van der Waals surface area contributed by atoms with Gasteiger partial charge in [-0.05, 0) is 104 Å². The summed E-state index contributed by atoms with van der Waals surface area (Å²) in [5, 5.41) is 11.1. The van der Waals surface area contributed by atoms with Gasteiger partial charge in [-0.25, -0.2) is 13.1 Å². The van der Waals surface area contributed by atoms with Gasteiger partial charge in [0.25, 0.3) is 5.91 Å². The number of benzene rings is 2. The van der Waals surface area contributed by atoms with E-state index in [-0.39, 0.29) is 17.9 Å². The summed E-state index contributed by atoms with van der Waals surface area (Å²) in [7, 11) is -3.89. The van der Waals surface area contributed by atoms with E-state index in [0.717, 1.165) is 62.9 Å². The third kappa shape index (κ3) is 7.03. The number of carbonyl (C=O) groups is 1. The van der Waals surface area contributed by atoms with Gasteiger partial charge in [-0.1, -0.05) is 44.4 Å². The van der Waals surface area contributed by atoms with E-state index in [1.165, 1.54) is 5.56 Å². The molecule has 1 aliphatic carbocycles. The quantitative estimate of drug-likeness (QED) is 0.409. The maximum Gasteiger partial charge on any atom is 0.264 e. The van der Waals surface area contributed by atoms with E-state index >= 15 is 0 Å². The summed E-state index contributed by atoms with van der Waals surface area (Å²) in [5.41, 5.74) is 3.35. The first-order valence-corrected chi connectivity index (χ1v) is 17.1. The molecule has 1 fully saturated rings. The number of hydrogen-bond acceptors (Lipinski definition) is 6. The maximum atomic E-state index is 13.4. The Labute approximate surface area is 249 Å². The molecular formula is C32H43ClN2O5S. The number of sulfonamides is 1. The predicted molar refractivity (Wildman–Crippen MR) is 163 cm³/mol. The van der Waals surface area contributed by atoms with Gasteiger partial charge in [-0.15, -0.1) is 0 Å². The second-order valence-electron chi connectivity index (χ2n) is 12.4. The van der Waals surface area contributed by atoms with Gasteiger partial charge in [0.1, 0.15) is 12.4 Å². The minimum atomic E-state index is -3.89. The number of aliphatic hydroxyl groups excluding tert-OH is 1. The molecule has 1 saturated carbocycles. The monoisotopic (exact) mass is 602 g/mol. The van der Waals surface area contributed by atoms with Crippen LogP contribution in [0.3, 0.4) is 0 Å². The molecule has 3 aliphatic rings. The third-order valence-electron chi connectivity index (χ3n) is 9.28. The van der Waals surface area contributed by atoms with Gasteiger partial charge in [-0.3, -0.25) is 4.79 Å². The molecule has 9 heteroatoms. The van der Waals surface area contributed by atoms with Crippen LogP contribution >= 0.6 is 11.6 Å². The van der Waals surface area contributed by atoms with Crippen molar-refractivity contribution in [2.75, 3.05) is 18.0 Å². The SMILES string of the molecule is CC(C)[C@@H]1CCCC[C@H](O)[C@@H]2CC[C@H]2CN2CCCCc3cc(Cl)ccc3COc3ccc(cc32)C(=O)NS1(=O)=O. The predicted octanol–water partition coefficient (Wildman–Crippen LogP) is 6.11. The summed E-state index contributed by atoms with van der Waals surface area (Å²) in [6, 6.07) is 11.1. The normalized spacial score (nSPS) is 27.3. The van der Waals surface area contributed by atoms with Gasteiger partial charge in [0.15, 0.2) is 0 Å². The Morgan fingerprint density at radius 1 is 1.00 bits per heavy atom. The summed E-state index contributed by atoms with van der Waals surface area (Å²) in [6.45, 7) is 5.65. The average molecular weight is 603 g/mol. The lowest BCUT2D eigenvalue weighted by Gasteiger charge is -2.43. The smallest absolute Gasteiger partial charge is 0.264 e. The number of aryl methyl sites for hydroxylation is 1. The van der Waals surface area contributed by atoms with Crippen LogP contribution in [0, 0.1) is 17.8 Å². The number of nitrogens with zero attached hydrogens (tertiary/aromatic N) is 1. The van der Waals surface area contributed by atoms with Crippen molar-refractivity contribution in [2.45, 2.75) is 89.6 Å². The second kappa shape index (κ2) is 12.9. The topological polar surface area (TPSA) is 95.9 Å². The van der Waals surface area contributed by atoms with Crippen molar-refractivity contribution >= 4 is 33.2 Å². The molecular weight excluding hydrogens is 560 g/mol. The fraction of sp³-hybridized carbons (Fsp3) is 0.594. The van der Waals surface area contributed by atoms with Crippen LogP contribution in [0.2, 0.25) is 5.02 Å². The van der Waals surface area contributed by atoms with Crippen molar-refractivity contribution in [2.24, 2.45) is 17.8 Å². The lowest BCUT2D eigenvalue weighted by Crippen LogP contribution is -2.44. The van der Waals surface area contributed by atoms with E-state index < -0.39 is 21.2 Å².